The van der Waals surface area contributed by atoms with Crippen LogP contribution in [-0.2, 0) is 11.2 Å². The molecule has 2 N–H and O–H groups in total. The Bertz CT molecular complexity index is 419. The average Bonchev–Trinajstić information content (AvgIpc) is 2.37. The SMILES string of the molecule is CC(C)Cc1ccc(C(N)CN2C[C@@H](C)O[C@@H](C)C2)cc1. The van der Waals surface area contributed by atoms with E-state index in [-0.39, 0.29) is 6.04 Å². The van der Waals surface area contributed by atoms with Gasteiger partial charge in [-0.05, 0) is 37.3 Å². The minimum absolute atomic E-state index is 0.0793. The number of nitrogens with two attached hydrogens (primary N) is 1. The van der Waals surface area contributed by atoms with E-state index in [9.17, 15) is 0 Å². The van der Waals surface area contributed by atoms with Gasteiger partial charge < -0.3 is 10.5 Å². The number of morpholine rings is 1. The van der Waals surface area contributed by atoms with Crippen molar-refractivity contribution in [3.63, 3.8) is 0 Å². The van der Waals surface area contributed by atoms with Gasteiger partial charge in [-0.1, -0.05) is 38.1 Å². The van der Waals surface area contributed by atoms with Gasteiger partial charge in [0.2, 0.25) is 0 Å². The molecule has 3 atom stereocenters. The monoisotopic (exact) mass is 290 g/mol. The van der Waals surface area contributed by atoms with E-state index in [4.69, 9.17) is 10.5 Å². The number of nitrogens with zero attached hydrogens (tertiary/aromatic N) is 1. The maximum Gasteiger partial charge on any atom is 0.0678 e. The molecule has 0 aromatic heterocycles. The molecule has 1 aromatic carbocycles. The van der Waals surface area contributed by atoms with Crippen molar-refractivity contribution in [3.8, 4) is 0 Å². The molecule has 0 amide bonds. The smallest absolute Gasteiger partial charge is 0.0678 e. The zero-order valence-corrected chi connectivity index (χ0v) is 13.9. The largest absolute Gasteiger partial charge is 0.373 e. The van der Waals surface area contributed by atoms with Gasteiger partial charge in [-0.3, -0.25) is 4.90 Å². The molecule has 3 heteroatoms. The fourth-order valence-corrected chi connectivity index (χ4v) is 3.19. The first kappa shape index (κ1) is 16.5. The highest BCUT2D eigenvalue weighted by molar-refractivity contribution is 5.25. The average molecular weight is 290 g/mol. The first-order valence-corrected chi connectivity index (χ1v) is 8.16. The van der Waals surface area contributed by atoms with E-state index >= 15 is 0 Å². The summed E-state index contributed by atoms with van der Waals surface area (Å²) in [7, 11) is 0. The lowest BCUT2D eigenvalue weighted by atomic mass is 9.99. The van der Waals surface area contributed by atoms with E-state index in [1.807, 2.05) is 0 Å². The normalized spacial score (nSPS) is 25.2. The van der Waals surface area contributed by atoms with Gasteiger partial charge in [-0.2, -0.15) is 0 Å². The highest BCUT2D eigenvalue weighted by Gasteiger charge is 2.23. The van der Waals surface area contributed by atoms with Gasteiger partial charge in [0.25, 0.3) is 0 Å². The summed E-state index contributed by atoms with van der Waals surface area (Å²) in [5, 5.41) is 0. The van der Waals surface area contributed by atoms with E-state index in [0.717, 1.165) is 26.1 Å². The van der Waals surface area contributed by atoms with Crippen molar-refractivity contribution in [1.29, 1.82) is 0 Å². The molecule has 1 aliphatic rings. The number of hydrogen-bond acceptors (Lipinski definition) is 3. The Balaban J connectivity index is 1.92. The summed E-state index contributed by atoms with van der Waals surface area (Å²) in [6.07, 6.45) is 1.73. The summed E-state index contributed by atoms with van der Waals surface area (Å²) in [4.78, 5) is 2.42. The third-order valence-electron chi connectivity index (χ3n) is 4.00. The van der Waals surface area contributed by atoms with Gasteiger partial charge in [-0.15, -0.1) is 0 Å². The van der Waals surface area contributed by atoms with Crippen LogP contribution < -0.4 is 5.73 Å². The van der Waals surface area contributed by atoms with E-state index in [1.54, 1.807) is 0 Å². The van der Waals surface area contributed by atoms with Gasteiger partial charge in [0, 0.05) is 25.7 Å². The van der Waals surface area contributed by atoms with Gasteiger partial charge >= 0.3 is 0 Å². The summed E-state index contributed by atoms with van der Waals surface area (Å²) in [6, 6.07) is 8.90. The van der Waals surface area contributed by atoms with Gasteiger partial charge in [0.15, 0.2) is 0 Å². The molecular weight excluding hydrogens is 260 g/mol. The molecule has 0 spiro atoms. The second-order valence-corrected chi connectivity index (χ2v) is 6.92. The van der Waals surface area contributed by atoms with Crippen LogP contribution in [0, 0.1) is 5.92 Å². The van der Waals surface area contributed by atoms with Crippen molar-refractivity contribution in [1.82, 2.24) is 4.90 Å². The van der Waals surface area contributed by atoms with Crippen LogP contribution in [0.4, 0.5) is 0 Å². The van der Waals surface area contributed by atoms with Gasteiger partial charge in [0.05, 0.1) is 12.2 Å². The predicted molar refractivity (Wildman–Crippen MR) is 88.4 cm³/mol. The third kappa shape index (κ3) is 5.10. The third-order valence-corrected chi connectivity index (χ3v) is 4.00. The second kappa shape index (κ2) is 7.39. The molecule has 0 aliphatic carbocycles. The van der Waals surface area contributed by atoms with E-state index in [1.165, 1.54) is 11.1 Å². The zero-order chi connectivity index (χ0) is 15.4. The molecule has 118 valence electrons. The minimum Gasteiger partial charge on any atom is -0.373 e. The van der Waals surface area contributed by atoms with Crippen molar-refractivity contribution in [3.05, 3.63) is 35.4 Å². The van der Waals surface area contributed by atoms with Gasteiger partial charge in [-0.25, -0.2) is 0 Å². The van der Waals surface area contributed by atoms with Crippen LogP contribution in [-0.4, -0.2) is 36.7 Å². The molecule has 0 saturated carbocycles. The van der Waals surface area contributed by atoms with Crippen LogP contribution in [0.1, 0.15) is 44.9 Å². The van der Waals surface area contributed by atoms with Crippen LogP contribution in [0.15, 0.2) is 24.3 Å². The Hall–Kier alpha value is -0.900. The van der Waals surface area contributed by atoms with Crippen LogP contribution in [0.2, 0.25) is 0 Å². The van der Waals surface area contributed by atoms with Gasteiger partial charge in [0.1, 0.15) is 0 Å². The minimum atomic E-state index is 0.0793. The topological polar surface area (TPSA) is 38.5 Å². The van der Waals surface area contributed by atoms with Crippen LogP contribution >= 0.6 is 0 Å². The van der Waals surface area contributed by atoms with E-state index in [0.29, 0.717) is 18.1 Å². The Morgan fingerprint density at radius 2 is 1.71 bits per heavy atom. The molecule has 1 aromatic rings. The molecule has 0 bridgehead atoms. The van der Waals surface area contributed by atoms with E-state index in [2.05, 4.69) is 56.9 Å². The molecule has 1 unspecified atom stereocenters. The summed E-state index contributed by atoms with van der Waals surface area (Å²) < 4.78 is 5.77. The first-order valence-electron chi connectivity index (χ1n) is 8.16. The molecule has 2 rings (SSSR count). The lowest BCUT2D eigenvalue weighted by molar-refractivity contribution is -0.0691. The predicted octanol–water partition coefficient (Wildman–Crippen LogP) is 2.99. The summed E-state index contributed by atoms with van der Waals surface area (Å²) in [5.41, 5.74) is 9.01. The molecule has 3 nitrogen and oxygen atoms in total. The Labute approximate surface area is 129 Å². The summed E-state index contributed by atoms with van der Waals surface area (Å²) >= 11 is 0. The summed E-state index contributed by atoms with van der Waals surface area (Å²) in [5.74, 6) is 0.695. The Kier molecular flexibility index (Phi) is 5.80. The molecule has 21 heavy (non-hydrogen) atoms. The fourth-order valence-electron chi connectivity index (χ4n) is 3.19. The highest BCUT2D eigenvalue weighted by Crippen LogP contribution is 2.18. The number of benzene rings is 1. The second-order valence-electron chi connectivity index (χ2n) is 6.92. The molecule has 0 radical (unpaired) electrons. The first-order chi connectivity index (χ1) is 9.94. The van der Waals surface area contributed by atoms with Crippen molar-refractivity contribution >= 4 is 0 Å². The van der Waals surface area contributed by atoms with Crippen molar-refractivity contribution in [2.45, 2.75) is 52.4 Å². The maximum absolute atomic E-state index is 6.39. The molecule has 1 saturated heterocycles. The molecule has 1 aliphatic heterocycles. The lowest BCUT2D eigenvalue weighted by Crippen LogP contribution is -2.47. The van der Waals surface area contributed by atoms with Crippen LogP contribution in [0.3, 0.4) is 0 Å². The Morgan fingerprint density at radius 1 is 1.14 bits per heavy atom. The fraction of sp³-hybridized carbons (Fsp3) is 0.667. The van der Waals surface area contributed by atoms with Crippen LogP contribution in [0.25, 0.3) is 0 Å². The van der Waals surface area contributed by atoms with Crippen LogP contribution in [0.5, 0.6) is 0 Å². The highest BCUT2D eigenvalue weighted by atomic mass is 16.5. The molecule has 1 heterocycles. The standard InChI is InChI=1S/C18H30N2O/c1-13(2)9-16-5-7-17(8-6-16)18(19)12-20-10-14(3)21-15(4)11-20/h5-8,13-15,18H,9-12,19H2,1-4H3/t14-,15+,18?. The van der Waals surface area contributed by atoms with E-state index < -0.39 is 0 Å². The maximum atomic E-state index is 6.39. The van der Waals surface area contributed by atoms with Crippen molar-refractivity contribution in [2.24, 2.45) is 11.7 Å². The zero-order valence-electron chi connectivity index (χ0n) is 13.9. The Morgan fingerprint density at radius 3 is 2.24 bits per heavy atom. The van der Waals surface area contributed by atoms with Crippen molar-refractivity contribution < 1.29 is 4.74 Å². The number of hydrogen-bond donors (Lipinski definition) is 1. The summed E-state index contributed by atoms with van der Waals surface area (Å²) in [6.45, 7) is 11.6. The molecule has 1 fully saturated rings. The number of rotatable bonds is 5. The van der Waals surface area contributed by atoms with Crippen molar-refractivity contribution in [2.75, 3.05) is 19.6 Å². The molecular formula is C18H30N2O. The number of ether oxygens (including phenoxy) is 1. The lowest BCUT2D eigenvalue weighted by Gasteiger charge is -2.36. The quantitative estimate of drug-likeness (QED) is 0.906.